The number of hydrogen-bond acceptors (Lipinski definition) is 4. The molecule has 2 aromatic heterocycles. The average Bonchev–Trinajstić information content (AvgIpc) is 3.50. The van der Waals surface area contributed by atoms with Crippen LogP contribution >= 0.6 is 0 Å². The molecule has 1 N–H and O–H groups in total. The highest BCUT2D eigenvalue weighted by atomic mass is 16.3. The van der Waals surface area contributed by atoms with Crippen molar-refractivity contribution in [3.8, 4) is 16.9 Å². The molecule has 4 aromatic rings. The molecule has 0 aliphatic carbocycles. The van der Waals surface area contributed by atoms with Crippen LogP contribution in [0, 0.1) is 5.92 Å². The van der Waals surface area contributed by atoms with Gasteiger partial charge in [0.2, 0.25) is 5.91 Å². The van der Waals surface area contributed by atoms with Crippen molar-refractivity contribution in [3.05, 3.63) is 90.9 Å². The molecule has 2 heterocycles. The van der Waals surface area contributed by atoms with E-state index in [1.165, 1.54) is 11.2 Å². The van der Waals surface area contributed by atoms with Gasteiger partial charge >= 0.3 is 0 Å². The van der Waals surface area contributed by atoms with E-state index in [4.69, 9.17) is 9.52 Å². The summed E-state index contributed by atoms with van der Waals surface area (Å²) in [6.07, 6.45) is 1.45. The Hall–Kier alpha value is -4.13. The lowest BCUT2D eigenvalue weighted by molar-refractivity contribution is -0.117. The number of hydrogen-bond donors (Lipinski definition) is 1. The van der Waals surface area contributed by atoms with Gasteiger partial charge in [0.25, 0.3) is 5.91 Å². The maximum Gasteiger partial charge on any atom is 0.290 e. The first kappa shape index (κ1) is 22.1. The summed E-state index contributed by atoms with van der Waals surface area (Å²) >= 11 is 0. The summed E-state index contributed by atoms with van der Waals surface area (Å²) < 4.78 is 6.95. The van der Waals surface area contributed by atoms with E-state index in [9.17, 15) is 9.59 Å². The fourth-order valence-electron chi connectivity index (χ4n) is 3.56. The minimum Gasteiger partial charge on any atom is -0.459 e. The number of rotatable bonds is 8. The molecule has 0 saturated heterocycles. The summed E-state index contributed by atoms with van der Waals surface area (Å²) in [4.78, 5) is 27.4. The van der Waals surface area contributed by atoms with Gasteiger partial charge in [-0.1, -0.05) is 62.4 Å². The quantitative estimate of drug-likeness (QED) is 0.422. The number of nitrogens with one attached hydrogen (secondary N) is 1. The van der Waals surface area contributed by atoms with Gasteiger partial charge in [-0.25, -0.2) is 4.68 Å². The van der Waals surface area contributed by atoms with E-state index in [1.807, 2.05) is 80.6 Å². The Morgan fingerprint density at radius 3 is 2.33 bits per heavy atom. The topological polar surface area (TPSA) is 80.4 Å². The number of carbonyl (C=O) groups excluding carboxylic acids is 2. The van der Waals surface area contributed by atoms with Crippen LogP contribution in [0.1, 0.15) is 24.4 Å². The van der Waals surface area contributed by atoms with Crippen LogP contribution in [0.3, 0.4) is 0 Å². The Morgan fingerprint density at radius 2 is 1.70 bits per heavy atom. The summed E-state index contributed by atoms with van der Waals surface area (Å²) in [7, 11) is 0. The lowest BCUT2D eigenvalue weighted by atomic mass is 10.1. The van der Waals surface area contributed by atoms with Crippen LogP contribution in [0.25, 0.3) is 16.9 Å². The number of nitrogens with zero attached hydrogens (tertiary/aromatic N) is 3. The third-order valence-corrected chi connectivity index (χ3v) is 4.99. The Balaban J connectivity index is 1.59. The van der Waals surface area contributed by atoms with Gasteiger partial charge in [-0.2, -0.15) is 5.10 Å². The van der Waals surface area contributed by atoms with Crippen molar-refractivity contribution in [1.29, 1.82) is 0 Å². The van der Waals surface area contributed by atoms with Crippen molar-refractivity contribution in [1.82, 2.24) is 14.7 Å². The van der Waals surface area contributed by atoms with Gasteiger partial charge in [-0.15, -0.1) is 0 Å². The maximum atomic E-state index is 13.0. The third-order valence-electron chi connectivity index (χ3n) is 4.99. The molecule has 2 aromatic carbocycles. The minimum atomic E-state index is -0.314. The molecule has 0 aliphatic rings. The van der Waals surface area contributed by atoms with Crippen LogP contribution in [-0.2, 0) is 4.79 Å². The highest BCUT2D eigenvalue weighted by molar-refractivity contribution is 5.98. The maximum absolute atomic E-state index is 13.0. The Labute approximate surface area is 192 Å². The van der Waals surface area contributed by atoms with Gasteiger partial charge in [0.1, 0.15) is 12.4 Å². The van der Waals surface area contributed by atoms with E-state index < -0.39 is 0 Å². The van der Waals surface area contributed by atoms with Crippen molar-refractivity contribution in [2.24, 2.45) is 5.92 Å². The Bertz CT molecular complexity index is 1200. The number of anilines is 1. The summed E-state index contributed by atoms with van der Waals surface area (Å²) in [5.41, 5.74) is 2.50. The molecule has 0 saturated carbocycles. The highest BCUT2D eigenvalue weighted by Gasteiger charge is 2.23. The molecule has 7 heteroatoms. The van der Waals surface area contributed by atoms with Gasteiger partial charge in [0, 0.05) is 18.2 Å². The van der Waals surface area contributed by atoms with Crippen LogP contribution in [0.15, 0.2) is 89.5 Å². The molecular weight excluding hydrogens is 416 g/mol. The predicted octanol–water partition coefficient (Wildman–Crippen LogP) is 4.87. The molecule has 7 nitrogen and oxygen atoms in total. The van der Waals surface area contributed by atoms with Gasteiger partial charge in [0.05, 0.1) is 17.6 Å². The lowest BCUT2D eigenvalue weighted by Crippen LogP contribution is -2.40. The van der Waals surface area contributed by atoms with Crippen molar-refractivity contribution in [2.75, 3.05) is 18.4 Å². The molecule has 0 atom stereocenters. The van der Waals surface area contributed by atoms with E-state index in [0.29, 0.717) is 12.4 Å². The molecule has 168 valence electrons. The zero-order chi connectivity index (χ0) is 23.2. The van der Waals surface area contributed by atoms with Crippen molar-refractivity contribution < 1.29 is 14.0 Å². The van der Waals surface area contributed by atoms with Crippen molar-refractivity contribution in [3.63, 3.8) is 0 Å². The fraction of sp³-hybridized carbons (Fsp3) is 0.192. The second kappa shape index (κ2) is 9.99. The van der Waals surface area contributed by atoms with Crippen LogP contribution < -0.4 is 5.32 Å². The van der Waals surface area contributed by atoms with E-state index in [2.05, 4.69) is 5.32 Å². The third kappa shape index (κ3) is 5.38. The highest BCUT2D eigenvalue weighted by Crippen LogP contribution is 2.24. The van der Waals surface area contributed by atoms with E-state index in [0.717, 1.165) is 16.9 Å². The lowest BCUT2D eigenvalue weighted by Gasteiger charge is -2.23. The first-order valence-corrected chi connectivity index (χ1v) is 10.8. The molecule has 0 radical (unpaired) electrons. The zero-order valence-electron chi connectivity index (χ0n) is 18.6. The van der Waals surface area contributed by atoms with Crippen LogP contribution in [0.2, 0.25) is 0 Å². The zero-order valence-corrected chi connectivity index (χ0v) is 18.6. The average molecular weight is 443 g/mol. The van der Waals surface area contributed by atoms with Gasteiger partial charge < -0.3 is 14.6 Å². The number of aromatic nitrogens is 2. The summed E-state index contributed by atoms with van der Waals surface area (Å²) in [5, 5.41) is 7.65. The normalized spacial score (nSPS) is 10.9. The smallest absolute Gasteiger partial charge is 0.290 e. The van der Waals surface area contributed by atoms with Gasteiger partial charge in [-0.3, -0.25) is 9.59 Å². The summed E-state index contributed by atoms with van der Waals surface area (Å²) in [6, 6.07) is 24.5. The number of carbonyl (C=O) groups is 2. The minimum absolute atomic E-state index is 0.0989. The number of furan rings is 1. The van der Waals surface area contributed by atoms with E-state index >= 15 is 0 Å². The molecule has 0 unspecified atom stereocenters. The van der Waals surface area contributed by atoms with Crippen molar-refractivity contribution >= 4 is 17.6 Å². The van der Waals surface area contributed by atoms with Crippen LogP contribution in [0.4, 0.5) is 5.82 Å². The van der Waals surface area contributed by atoms with E-state index in [-0.39, 0.29) is 30.0 Å². The summed E-state index contributed by atoms with van der Waals surface area (Å²) in [6.45, 7) is 4.33. The SMILES string of the molecule is CC(C)CN(CC(=O)Nc1cc(-c2ccccc2)nn1-c1ccccc1)C(=O)c1ccco1. The monoisotopic (exact) mass is 442 g/mol. The molecule has 2 amide bonds. The Morgan fingerprint density at radius 1 is 1.00 bits per heavy atom. The molecule has 0 bridgehead atoms. The van der Waals surface area contributed by atoms with Crippen molar-refractivity contribution in [2.45, 2.75) is 13.8 Å². The molecular formula is C26H26N4O3. The first-order chi connectivity index (χ1) is 16.0. The number of para-hydroxylation sites is 1. The van der Waals surface area contributed by atoms with Gasteiger partial charge in [-0.05, 0) is 30.2 Å². The summed E-state index contributed by atoms with van der Waals surface area (Å²) in [5.74, 6) is 0.304. The van der Waals surface area contributed by atoms with Crippen LogP contribution in [0.5, 0.6) is 0 Å². The molecule has 33 heavy (non-hydrogen) atoms. The first-order valence-electron chi connectivity index (χ1n) is 10.8. The van der Waals surface area contributed by atoms with Crippen LogP contribution in [-0.4, -0.2) is 39.6 Å². The second-order valence-corrected chi connectivity index (χ2v) is 8.13. The second-order valence-electron chi connectivity index (χ2n) is 8.13. The van der Waals surface area contributed by atoms with Gasteiger partial charge in [0.15, 0.2) is 5.76 Å². The molecule has 4 rings (SSSR count). The molecule has 0 aliphatic heterocycles. The standard InChI is InChI=1S/C26H26N4O3/c1-19(2)17-29(26(32)23-14-9-15-33-23)18-25(31)27-24-16-22(20-10-5-3-6-11-20)28-30(24)21-12-7-4-8-13-21/h3-16,19H,17-18H2,1-2H3,(H,27,31). The number of amides is 2. The molecule has 0 fully saturated rings. The Kier molecular flexibility index (Phi) is 6.69. The number of benzene rings is 2. The predicted molar refractivity (Wildman–Crippen MR) is 127 cm³/mol. The largest absolute Gasteiger partial charge is 0.459 e. The van der Waals surface area contributed by atoms with E-state index in [1.54, 1.807) is 16.8 Å². The molecule has 0 spiro atoms. The fourth-order valence-corrected chi connectivity index (χ4v) is 3.56.